The van der Waals surface area contributed by atoms with Crippen molar-refractivity contribution in [1.29, 1.82) is 0 Å². The highest BCUT2D eigenvalue weighted by molar-refractivity contribution is 8.00. The monoisotopic (exact) mass is 343 g/mol. The molecule has 2 aromatic rings. The number of benzene rings is 2. The van der Waals surface area contributed by atoms with E-state index in [1.54, 1.807) is 11.8 Å². The molecule has 4 heteroatoms. The van der Waals surface area contributed by atoms with Gasteiger partial charge in [0, 0.05) is 17.0 Å². The van der Waals surface area contributed by atoms with Crippen molar-refractivity contribution >= 4 is 17.7 Å². The van der Waals surface area contributed by atoms with Crippen molar-refractivity contribution in [2.75, 3.05) is 19.8 Å². The molecule has 0 aliphatic carbocycles. The summed E-state index contributed by atoms with van der Waals surface area (Å²) < 4.78 is 0. The molecule has 0 aliphatic heterocycles. The summed E-state index contributed by atoms with van der Waals surface area (Å²) in [7, 11) is 4.28. The molecule has 0 saturated heterocycles. The Morgan fingerprint density at radius 3 is 2.29 bits per heavy atom. The fraction of sp³-hybridized carbons (Fsp3) is 0.350. The van der Waals surface area contributed by atoms with Gasteiger partial charge in [-0.05, 0) is 42.7 Å². The normalized spacial score (nSPS) is 10.9. The lowest BCUT2D eigenvalue weighted by atomic mass is 10.1. The largest absolute Gasteiger partial charge is 0.351 e. The molecule has 2 N–H and O–H groups in total. The number of nitrogens with one attached hydrogen (secondary N) is 2. The molecule has 0 aromatic heterocycles. The second-order valence-corrected chi connectivity index (χ2v) is 7.56. The van der Waals surface area contributed by atoms with Crippen LogP contribution in [0.2, 0.25) is 0 Å². The van der Waals surface area contributed by atoms with Gasteiger partial charge in [-0.15, -0.1) is 11.8 Å². The first-order valence-electron chi connectivity index (χ1n) is 8.27. The number of hydrogen-bond donors (Lipinski definition) is 2. The molecule has 0 radical (unpaired) electrons. The summed E-state index contributed by atoms with van der Waals surface area (Å²) in [5.41, 5.74) is 5.00. The van der Waals surface area contributed by atoms with Gasteiger partial charge in [-0.2, -0.15) is 0 Å². The Morgan fingerprint density at radius 1 is 1.00 bits per heavy atom. The van der Waals surface area contributed by atoms with E-state index in [9.17, 15) is 4.79 Å². The summed E-state index contributed by atoms with van der Waals surface area (Å²) in [6.07, 6.45) is 0. The van der Waals surface area contributed by atoms with Gasteiger partial charge in [-0.25, -0.2) is 0 Å². The molecule has 2 aromatic carbocycles. The third-order valence-corrected chi connectivity index (χ3v) is 4.91. The van der Waals surface area contributed by atoms with E-state index in [2.05, 4.69) is 75.7 Å². The van der Waals surface area contributed by atoms with Crippen molar-refractivity contribution in [2.45, 2.75) is 31.8 Å². The van der Waals surface area contributed by atoms with Gasteiger partial charge in [0.2, 0.25) is 5.91 Å². The standard InChI is InChI=1S/C20H26N2OS/c1-15-5-10-19(11-16(15)2)24-14-20(23)21-12-17-6-8-18(9-7-17)13-22(3)4/h5-11H,12-14H2,1-4H3,(H,21,23)/p+1. The smallest absolute Gasteiger partial charge is 0.230 e. The van der Waals surface area contributed by atoms with Crippen molar-refractivity contribution in [1.82, 2.24) is 5.32 Å². The average Bonchev–Trinajstić information content (AvgIpc) is 2.55. The number of rotatable bonds is 7. The van der Waals surface area contributed by atoms with E-state index in [0.29, 0.717) is 12.3 Å². The molecule has 128 valence electrons. The molecule has 1 amide bonds. The zero-order valence-corrected chi connectivity index (χ0v) is 15.8. The number of amides is 1. The first-order valence-corrected chi connectivity index (χ1v) is 9.26. The summed E-state index contributed by atoms with van der Waals surface area (Å²) in [6.45, 7) is 5.79. The number of carbonyl (C=O) groups excluding carboxylic acids is 1. The summed E-state index contributed by atoms with van der Waals surface area (Å²) in [5.74, 6) is 0.518. The minimum atomic E-state index is 0.0695. The van der Waals surface area contributed by atoms with Crippen LogP contribution < -0.4 is 10.2 Å². The van der Waals surface area contributed by atoms with E-state index in [4.69, 9.17) is 0 Å². The summed E-state index contributed by atoms with van der Waals surface area (Å²) in [5, 5.41) is 2.99. The second-order valence-electron chi connectivity index (χ2n) is 6.51. The molecule has 24 heavy (non-hydrogen) atoms. The minimum absolute atomic E-state index is 0.0695. The van der Waals surface area contributed by atoms with Crippen LogP contribution in [0.15, 0.2) is 47.4 Å². The average molecular weight is 344 g/mol. The molecule has 0 bridgehead atoms. The van der Waals surface area contributed by atoms with Gasteiger partial charge in [-0.3, -0.25) is 4.79 Å². The molecular weight excluding hydrogens is 316 g/mol. The van der Waals surface area contributed by atoms with E-state index < -0.39 is 0 Å². The molecule has 0 spiro atoms. The predicted octanol–water partition coefficient (Wildman–Crippen LogP) is 2.36. The summed E-state index contributed by atoms with van der Waals surface area (Å²) >= 11 is 1.58. The molecule has 0 aliphatic rings. The summed E-state index contributed by atoms with van der Waals surface area (Å²) in [6, 6.07) is 14.8. The molecule has 2 rings (SSSR count). The van der Waals surface area contributed by atoms with Gasteiger partial charge in [0.25, 0.3) is 0 Å². The van der Waals surface area contributed by atoms with E-state index in [1.165, 1.54) is 21.6 Å². The van der Waals surface area contributed by atoms with E-state index in [1.807, 2.05) is 0 Å². The van der Waals surface area contributed by atoms with Crippen LogP contribution in [0.1, 0.15) is 22.3 Å². The van der Waals surface area contributed by atoms with Gasteiger partial charge < -0.3 is 10.2 Å². The SMILES string of the molecule is Cc1ccc(SCC(=O)NCc2ccc(C[NH+](C)C)cc2)cc1C. The van der Waals surface area contributed by atoms with E-state index in [0.717, 1.165) is 17.0 Å². The Balaban J connectivity index is 1.77. The van der Waals surface area contributed by atoms with Gasteiger partial charge in [0.1, 0.15) is 6.54 Å². The Hall–Kier alpha value is -1.78. The fourth-order valence-electron chi connectivity index (χ4n) is 2.39. The molecule has 0 atom stereocenters. The highest BCUT2D eigenvalue weighted by Crippen LogP contribution is 2.20. The van der Waals surface area contributed by atoms with Crippen LogP contribution in [0.3, 0.4) is 0 Å². The third kappa shape index (κ3) is 6.02. The van der Waals surface area contributed by atoms with Gasteiger partial charge in [-0.1, -0.05) is 30.3 Å². The number of quaternary nitrogens is 1. The number of hydrogen-bond acceptors (Lipinski definition) is 2. The highest BCUT2D eigenvalue weighted by Gasteiger charge is 2.05. The van der Waals surface area contributed by atoms with Gasteiger partial charge in [0.05, 0.1) is 19.8 Å². The first kappa shape index (κ1) is 18.6. The molecule has 0 saturated carbocycles. The number of aryl methyl sites for hydroxylation is 2. The molecular formula is C20H27N2OS+. The lowest BCUT2D eigenvalue weighted by Crippen LogP contribution is -3.04. The van der Waals surface area contributed by atoms with E-state index in [-0.39, 0.29) is 5.91 Å². The third-order valence-electron chi connectivity index (χ3n) is 3.92. The van der Waals surface area contributed by atoms with Crippen molar-refractivity contribution in [2.24, 2.45) is 0 Å². The van der Waals surface area contributed by atoms with Gasteiger partial charge in [0.15, 0.2) is 0 Å². The van der Waals surface area contributed by atoms with E-state index >= 15 is 0 Å². The van der Waals surface area contributed by atoms with Crippen LogP contribution in [-0.2, 0) is 17.9 Å². The maximum Gasteiger partial charge on any atom is 0.230 e. The zero-order chi connectivity index (χ0) is 17.5. The topological polar surface area (TPSA) is 33.5 Å². The van der Waals surface area contributed by atoms with Crippen molar-refractivity contribution < 1.29 is 9.69 Å². The van der Waals surface area contributed by atoms with Crippen molar-refractivity contribution in [3.05, 3.63) is 64.7 Å². The van der Waals surface area contributed by atoms with Crippen LogP contribution >= 0.6 is 11.8 Å². The van der Waals surface area contributed by atoms with Gasteiger partial charge >= 0.3 is 0 Å². The lowest BCUT2D eigenvalue weighted by Gasteiger charge is -2.09. The van der Waals surface area contributed by atoms with Crippen LogP contribution in [0.4, 0.5) is 0 Å². The Morgan fingerprint density at radius 2 is 1.67 bits per heavy atom. The summed E-state index contributed by atoms with van der Waals surface area (Å²) in [4.78, 5) is 14.6. The first-order chi connectivity index (χ1) is 11.4. The molecule has 0 unspecified atom stereocenters. The Kier molecular flexibility index (Phi) is 6.88. The quantitative estimate of drug-likeness (QED) is 0.757. The molecule has 3 nitrogen and oxygen atoms in total. The maximum atomic E-state index is 12.0. The van der Waals surface area contributed by atoms with Crippen molar-refractivity contribution in [3.63, 3.8) is 0 Å². The van der Waals surface area contributed by atoms with Crippen LogP contribution in [0.25, 0.3) is 0 Å². The Bertz CT molecular complexity index is 681. The fourth-order valence-corrected chi connectivity index (χ4v) is 3.21. The number of thioether (sulfide) groups is 1. The predicted molar refractivity (Wildman–Crippen MR) is 101 cm³/mol. The lowest BCUT2D eigenvalue weighted by molar-refractivity contribution is -0.872. The highest BCUT2D eigenvalue weighted by atomic mass is 32.2. The number of carbonyl (C=O) groups is 1. The zero-order valence-electron chi connectivity index (χ0n) is 15.0. The van der Waals surface area contributed by atoms with Crippen LogP contribution in [0.5, 0.6) is 0 Å². The Labute approximate surface area is 149 Å². The second kappa shape index (κ2) is 8.90. The molecule has 0 fully saturated rings. The maximum absolute atomic E-state index is 12.0. The van der Waals surface area contributed by atoms with Crippen LogP contribution in [-0.4, -0.2) is 25.8 Å². The van der Waals surface area contributed by atoms with Crippen molar-refractivity contribution in [3.8, 4) is 0 Å². The van der Waals surface area contributed by atoms with Crippen LogP contribution in [0, 0.1) is 13.8 Å². The molecule has 0 heterocycles. The minimum Gasteiger partial charge on any atom is -0.351 e.